The summed E-state index contributed by atoms with van der Waals surface area (Å²) in [6.45, 7) is 0.226. The summed E-state index contributed by atoms with van der Waals surface area (Å²) >= 11 is 0. The summed E-state index contributed by atoms with van der Waals surface area (Å²) in [5, 5.41) is 2.84. The molecule has 146 valence electrons. The van der Waals surface area contributed by atoms with E-state index >= 15 is 0 Å². The second kappa shape index (κ2) is 8.61. The first-order chi connectivity index (χ1) is 11.9. The zero-order chi connectivity index (χ0) is 18.0. The van der Waals surface area contributed by atoms with Gasteiger partial charge in [-0.15, -0.1) is 12.4 Å². The zero-order valence-corrected chi connectivity index (χ0v) is 15.4. The Hall–Kier alpha value is -1.27. The molecule has 2 saturated carbocycles. The van der Waals surface area contributed by atoms with E-state index in [1.54, 1.807) is 6.07 Å². The molecular weight excluding hydrogens is 365 g/mol. The molecule has 0 heterocycles. The van der Waals surface area contributed by atoms with Crippen LogP contribution in [0.25, 0.3) is 0 Å². The Labute approximate surface area is 158 Å². The minimum absolute atomic E-state index is 0. The lowest BCUT2D eigenvalue weighted by molar-refractivity contribution is -0.138. The van der Waals surface area contributed by atoms with Gasteiger partial charge >= 0.3 is 6.18 Å². The first-order valence-electron chi connectivity index (χ1n) is 9.04. The number of fused-ring (bicyclic) bond motifs is 2. The van der Waals surface area contributed by atoms with Crippen LogP contribution in [-0.4, -0.2) is 18.5 Å². The largest absolute Gasteiger partial charge is 0.416 e. The molecule has 2 aliphatic carbocycles. The summed E-state index contributed by atoms with van der Waals surface area (Å²) in [6, 6.07) is 5.74. The molecule has 2 fully saturated rings. The lowest BCUT2D eigenvalue weighted by Crippen LogP contribution is -2.49. The highest BCUT2D eigenvalue weighted by Crippen LogP contribution is 2.41. The summed E-state index contributed by atoms with van der Waals surface area (Å²) < 4.78 is 39.0. The van der Waals surface area contributed by atoms with Crippen LogP contribution in [0, 0.1) is 17.8 Å². The van der Waals surface area contributed by atoms with Gasteiger partial charge in [-0.25, -0.2) is 0 Å². The van der Waals surface area contributed by atoms with Crippen LogP contribution >= 0.6 is 12.4 Å². The average Bonchev–Trinajstić information content (AvgIpc) is 2.54. The lowest BCUT2D eigenvalue weighted by atomic mass is 9.65. The van der Waals surface area contributed by atoms with Crippen LogP contribution in [-0.2, 0) is 17.4 Å². The summed E-state index contributed by atoms with van der Waals surface area (Å²) in [6.07, 6.45) is 0.787. The van der Waals surface area contributed by atoms with E-state index in [0.717, 1.165) is 31.7 Å². The van der Waals surface area contributed by atoms with Crippen molar-refractivity contribution in [1.29, 1.82) is 0 Å². The number of carbonyl (C=O) groups is 1. The predicted molar refractivity (Wildman–Crippen MR) is 96.9 cm³/mol. The first kappa shape index (κ1) is 21.0. The van der Waals surface area contributed by atoms with Crippen LogP contribution in [0.5, 0.6) is 0 Å². The molecule has 0 saturated heterocycles. The van der Waals surface area contributed by atoms with Gasteiger partial charge in [-0.05, 0) is 55.6 Å². The molecule has 3 nitrogen and oxygen atoms in total. The molecule has 2 unspecified atom stereocenters. The maximum Gasteiger partial charge on any atom is 0.416 e. The number of benzene rings is 1. The van der Waals surface area contributed by atoms with E-state index in [2.05, 4.69) is 5.32 Å². The number of alkyl halides is 3. The van der Waals surface area contributed by atoms with Crippen molar-refractivity contribution in [2.24, 2.45) is 23.5 Å². The minimum Gasteiger partial charge on any atom is -0.356 e. The zero-order valence-electron chi connectivity index (χ0n) is 14.6. The Morgan fingerprint density at radius 2 is 1.77 bits per heavy atom. The Balaban J connectivity index is 0.00000243. The Kier molecular flexibility index (Phi) is 6.97. The monoisotopic (exact) mass is 390 g/mol. The highest BCUT2D eigenvalue weighted by molar-refractivity contribution is 5.85. The van der Waals surface area contributed by atoms with Gasteiger partial charge in [0.2, 0.25) is 5.91 Å². The van der Waals surface area contributed by atoms with Crippen molar-refractivity contribution in [3.05, 3.63) is 35.4 Å². The summed E-state index contributed by atoms with van der Waals surface area (Å²) in [5.74, 6) is 0.740. The molecule has 2 bridgehead atoms. The molecule has 2 aliphatic rings. The van der Waals surface area contributed by atoms with E-state index in [4.69, 9.17) is 5.73 Å². The van der Waals surface area contributed by atoms with Gasteiger partial charge in [0.05, 0.1) is 5.56 Å². The number of amides is 1. The van der Waals surface area contributed by atoms with Crippen LogP contribution in [0.1, 0.15) is 43.2 Å². The van der Waals surface area contributed by atoms with E-state index in [1.807, 2.05) is 0 Å². The Bertz CT molecular complexity index is 609. The second-order valence-corrected chi connectivity index (χ2v) is 7.39. The molecule has 1 aromatic rings. The number of rotatable bonds is 4. The first-order valence-corrected chi connectivity index (χ1v) is 9.04. The van der Waals surface area contributed by atoms with Gasteiger partial charge in [0, 0.05) is 18.5 Å². The average molecular weight is 391 g/mol. The van der Waals surface area contributed by atoms with Crippen molar-refractivity contribution in [3.8, 4) is 0 Å². The van der Waals surface area contributed by atoms with Crippen LogP contribution in [0.3, 0.4) is 0 Å². The summed E-state index contributed by atoms with van der Waals surface area (Å²) in [4.78, 5) is 12.4. The highest BCUT2D eigenvalue weighted by atomic mass is 35.5. The van der Waals surface area contributed by atoms with Crippen LogP contribution in [0.2, 0.25) is 0 Å². The third-order valence-electron chi connectivity index (χ3n) is 5.80. The summed E-state index contributed by atoms with van der Waals surface area (Å²) in [7, 11) is 0. The smallest absolute Gasteiger partial charge is 0.356 e. The van der Waals surface area contributed by atoms with Crippen molar-refractivity contribution >= 4 is 18.3 Å². The van der Waals surface area contributed by atoms with E-state index in [0.29, 0.717) is 11.8 Å². The third kappa shape index (κ3) is 4.71. The number of hydrogen-bond donors (Lipinski definition) is 2. The fourth-order valence-corrected chi connectivity index (χ4v) is 4.48. The van der Waals surface area contributed by atoms with Gasteiger partial charge < -0.3 is 11.1 Å². The molecule has 3 N–H and O–H groups in total. The van der Waals surface area contributed by atoms with Crippen molar-refractivity contribution < 1.29 is 18.0 Å². The Morgan fingerprint density at radius 1 is 1.15 bits per heavy atom. The van der Waals surface area contributed by atoms with Crippen molar-refractivity contribution in [2.45, 2.75) is 50.7 Å². The molecular formula is C19H26ClF3N2O. The molecule has 1 aromatic carbocycles. The highest BCUT2D eigenvalue weighted by Gasteiger charge is 2.40. The topological polar surface area (TPSA) is 55.1 Å². The predicted octanol–water partition coefficient (Wildman–Crippen LogP) is 3.94. The van der Waals surface area contributed by atoms with Gasteiger partial charge in [0.15, 0.2) is 0 Å². The molecule has 26 heavy (non-hydrogen) atoms. The van der Waals surface area contributed by atoms with Crippen molar-refractivity contribution in [1.82, 2.24) is 5.32 Å². The quantitative estimate of drug-likeness (QED) is 0.818. The summed E-state index contributed by atoms with van der Waals surface area (Å²) in [5.41, 5.74) is 5.84. The van der Waals surface area contributed by atoms with Gasteiger partial charge in [-0.2, -0.15) is 13.2 Å². The van der Waals surface area contributed by atoms with Gasteiger partial charge in [-0.1, -0.05) is 24.6 Å². The number of hydrogen-bond acceptors (Lipinski definition) is 2. The number of nitrogens with two attached hydrogens (primary N) is 1. The SMILES string of the molecule is Cl.NC1C2CCCC1CC(C(=O)NCCc1ccccc1C(F)(F)F)C2. The molecule has 0 radical (unpaired) electrons. The molecule has 2 atom stereocenters. The van der Waals surface area contributed by atoms with Crippen molar-refractivity contribution in [3.63, 3.8) is 0 Å². The maximum atomic E-state index is 13.0. The van der Waals surface area contributed by atoms with E-state index < -0.39 is 11.7 Å². The fourth-order valence-electron chi connectivity index (χ4n) is 4.48. The Morgan fingerprint density at radius 3 is 2.38 bits per heavy atom. The number of carbonyl (C=O) groups excluding carboxylic acids is 1. The number of nitrogens with one attached hydrogen (secondary N) is 1. The van der Waals surface area contributed by atoms with E-state index in [9.17, 15) is 18.0 Å². The fraction of sp³-hybridized carbons (Fsp3) is 0.632. The van der Waals surface area contributed by atoms with Gasteiger partial charge in [0.1, 0.15) is 0 Å². The molecule has 7 heteroatoms. The van der Waals surface area contributed by atoms with E-state index in [1.165, 1.54) is 18.6 Å². The normalized spacial score (nSPS) is 28.2. The van der Waals surface area contributed by atoms with Crippen LogP contribution in [0.15, 0.2) is 24.3 Å². The van der Waals surface area contributed by atoms with E-state index in [-0.39, 0.29) is 48.8 Å². The molecule has 0 spiro atoms. The molecule has 0 aliphatic heterocycles. The second-order valence-electron chi connectivity index (χ2n) is 7.39. The minimum atomic E-state index is -4.36. The molecule has 3 rings (SSSR count). The van der Waals surface area contributed by atoms with Gasteiger partial charge in [-0.3, -0.25) is 4.79 Å². The molecule has 1 amide bonds. The van der Waals surface area contributed by atoms with Gasteiger partial charge in [0.25, 0.3) is 0 Å². The lowest BCUT2D eigenvalue weighted by Gasteiger charge is -2.43. The third-order valence-corrected chi connectivity index (χ3v) is 5.80. The standard InChI is InChI=1S/C19H25F3N2O.ClH/c20-19(21,22)16-7-2-1-4-12(16)8-9-24-18(25)15-10-13-5-3-6-14(11-15)17(13)23;/h1-2,4,7,13-15,17H,3,5-6,8-11,23H2,(H,24,25);1H. The van der Waals surface area contributed by atoms with Crippen LogP contribution < -0.4 is 11.1 Å². The number of halogens is 4. The van der Waals surface area contributed by atoms with Crippen molar-refractivity contribution in [2.75, 3.05) is 6.54 Å². The van der Waals surface area contributed by atoms with Crippen LogP contribution in [0.4, 0.5) is 13.2 Å². The maximum absolute atomic E-state index is 13.0. The molecule has 0 aromatic heterocycles.